The number of methoxy groups -OCH3 is 1. The molecule has 0 amide bonds. The largest absolute Gasteiger partial charge is 0.491 e. The SMILES string of the molecule is COC(=O)c1cccc(Br)c1OCC(C)CO. The number of hydrogen-bond acceptors (Lipinski definition) is 4. The molecular weight excluding hydrogens is 288 g/mol. The van der Waals surface area contributed by atoms with Crippen molar-refractivity contribution in [3.63, 3.8) is 0 Å². The molecule has 94 valence electrons. The van der Waals surface area contributed by atoms with Crippen molar-refractivity contribution in [3.8, 4) is 5.75 Å². The number of carbonyl (C=O) groups excluding carboxylic acids is 1. The molecular formula is C12H15BrO4. The van der Waals surface area contributed by atoms with Crippen LogP contribution in [-0.2, 0) is 4.74 Å². The van der Waals surface area contributed by atoms with E-state index in [1.807, 2.05) is 6.92 Å². The predicted molar refractivity (Wildman–Crippen MR) is 67.2 cm³/mol. The highest BCUT2D eigenvalue weighted by Gasteiger charge is 2.16. The Morgan fingerprint density at radius 2 is 2.24 bits per heavy atom. The van der Waals surface area contributed by atoms with Gasteiger partial charge in [0, 0.05) is 12.5 Å². The molecule has 0 heterocycles. The van der Waals surface area contributed by atoms with Gasteiger partial charge in [-0.05, 0) is 28.1 Å². The summed E-state index contributed by atoms with van der Waals surface area (Å²) in [5.41, 5.74) is 0.368. The Labute approximate surface area is 109 Å². The Kier molecular flexibility index (Phi) is 5.44. The number of carbonyl (C=O) groups is 1. The van der Waals surface area contributed by atoms with Crippen molar-refractivity contribution in [3.05, 3.63) is 28.2 Å². The first kappa shape index (κ1) is 14.0. The van der Waals surface area contributed by atoms with Crippen LogP contribution >= 0.6 is 15.9 Å². The molecule has 0 saturated heterocycles. The molecule has 17 heavy (non-hydrogen) atoms. The Morgan fingerprint density at radius 1 is 1.53 bits per heavy atom. The van der Waals surface area contributed by atoms with E-state index in [4.69, 9.17) is 9.84 Å². The smallest absolute Gasteiger partial charge is 0.341 e. The van der Waals surface area contributed by atoms with Gasteiger partial charge in [-0.25, -0.2) is 4.79 Å². The van der Waals surface area contributed by atoms with E-state index in [0.717, 1.165) is 0 Å². The van der Waals surface area contributed by atoms with Gasteiger partial charge in [0.1, 0.15) is 11.3 Å². The lowest BCUT2D eigenvalue weighted by atomic mass is 10.2. The second kappa shape index (κ2) is 6.61. The van der Waals surface area contributed by atoms with Crippen molar-refractivity contribution < 1.29 is 19.4 Å². The van der Waals surface area contributed by atoms with Crippen LogP contribution in [0.25, 0.3) is 0 Å². The second-order valence-corrected chi connectivity index (χ2v) is 4.56. The second-order valence-electron chi connectivity index (χ2n) is 3.71. The van der Waals surface area contributed by atoms with E-state index in [9.17, 15) is 4.79 Å². The molecule has 1 rings (SSSR count). The topological polar surface area (TPSA) is 55.8 Å². The maximum Gasteiger partial charge on any atom is 0.341 e. The Balaban J connectivity index is 2.92. The van der Waals surface area contributed by atoms with Gasteiger partial charge >= 0.3 is 5.97 Å². The lowest BCUT2D eigenvalue weighted by Gasteiger charge is -2.14. The van der Waals surface area contributed by atoms with E-state index in [0.29, 0.717) is 22.4 Å². The van der Waals surface area contributed by atoms with Crippen LogP contribution in [0.4, 0.5) is 0 Å². The molecule has 0 radical (unpaired) electrons. The third kappa shape index (κ3) is 3.71. The average molecular weight is 303 g/mol. The van der Waals surface area contributed by atoms with Gasteiger partial charge in [0.15, 0.2) is 0 Å². The summed E-state index contributed by atoms with van der Waals surface area (Å²) in [6.45, 7) is 2.23. The normalized spacial score (nSPS) is 12.0. The third-order valence-electron chi connectivity index (χ3n) is 2.20. The molecule has 0 bridgehead atoms. The molecule has 0 spiro atoms. The summed E-state index contributed by atoms with van der Waals surface area (Å²) in [7, 11) is 1.32. The van der Waals surface area contributed by atoms with Crippen LogP contribution in [0.5, 0.6) is 5.75 Å². The Morgan fingerprint density at radius 3 is 2.82 bits per heavy atom. The molecule has 1 N–H and O–H groups in total. The van der Waals surface area contributed by atoms with Gasteiger partial charge in [-0.3, -0.25) is 0 Å². The predicted octanol–water partition coefficient (Wildman–Crippen LogP) is 2.24. The number of benzene rings is 1. The van der Waals surface area contributed by atoms with Crippen molar-refractivity contribution in [2.24, 2.45) is 5.92 Å². The van der Waals surface area contributed by atoms with Crippen LogP contribution in [0, 0.1) is 5.92 Å². The molecule has 1 atom stereocenters. The lowest BCUT2D eigenvalue weighted by molar-refractivity contribution is 0.0594. The number of hydrogen-bond donors (Lipinski definition) is 1. The number of halogens is 1. The van der Waals surface area contributed by atoms with E-state index >= 15 is 0 Å². The fraction of sp³-hybridized carbons (Fsp3) is 0.417. The van der Waals surface area contributed by atoms with Gasteiger partial charge < -0.3 is 14.6 Å². The van der Waals surface area contributed by atoms with E-state index in [-0.39, 0.29) is 12.5 Å². The fourth-order valence-corrected chi connectivity index (χ4v) is 1.69. The molecule has 0 fully saturated rings. The third-order valence-corrected chi connectivity index (χ3v) is 2.82. The summed E-state index contributed by atoms with van der Waals surface area (Å²) in [6, 6.07) is 5.15. The van der Waals surface area contributed by atoms with Gasteiger partial charge in [-0.2, -0.15) is 0 Å². The van der Waals surface area contributed by atoms with Gasteiger partial charge in [0.05, 0.1) is 18.2 Å². The maximum atomic E-state index is 11.5. The average Bonchev–Trinajstić information content (AvgIpc) is 2.35. The Hall–Kier alpha value is -1.07. The van der Waals surface area contributed by atoms with Crippen LogP contribution in [0.15, 0.2) is 22.7 Å². The van der Waals surface area contributed by atoms with Crippen molar-refractivity contribution in [1.29, 1.82) is 0 Å². The van der Waals surface area contributed by atoms with Crippen LogP contribution in [0.1, 0.15) is 17.3 Å². The zero-order valence-electron chi connectivity index (χ0n) is 9.77. The molecule has 4 nitrogen and oxygen atoms in total. The fourth-order valence-electron chi connectivity index (χ4n) is 1.20. The number of aliphatic hydroxyl groups is 1. The quantitative estimate of drug-likeness (QED) is 0.848. The van der Waals surface area contributed by atoms with Crippen molar-refractivity contribution in [2.75, 3.05) is 20.3 Å². The maximum absolute atomic E-state index is 11.5. The van der Waals surface area contributed by atoms with Gasteiger partial charge in [0.2, 0.25) is 0 Å². The summed E-state index contributed by atoms with van der Waals surface area (Å²) in [4.78, 5) is 11.5. The molecule has 0 aliphatic carbocycles. The molecule has 0 saturated carbocycles. The van der Waals surface area contributed by atoms with Crippen LogP contribution < -0.4 is 4.74 Å². The van der Waals surface area contributed by atoms with Gasteiger partial charge in [-0.15, -0.1) is 0 Å². The first-order valence-electron chi connectivity index (χ1n) is 5.20. The molecule has 1 aromatic carbocycles. The van der Waals surface area contributed by atoms with Crippen molar-refractivity contribution in [1.82, 2.24) is 0 Å². The number of para-hydroxylation sites is 1. The molecule has 1 aromatic rings. The summed E-state index contributed by atoms with van der Waals surface area (Å²) in [5, 5.41) is 8.92. The van der Waals surface area contributed by atoms with Crippen LogP contribution in [-0.4, -0.2) is 31.4 Å². The molecule has 0 aliphatic rings. The molecule has 0 aliphatic heterocycles. The van der Waals surface area contributed by atoms with E-state index in [1.165, 1.54) is 7.11 Å². The van der Waals surface area contributed by atoms with E-state index in [1.54, 1.807) is 18.2 Å². The molecule has 1 unspecified atom stereocenters. The van der Waals surface area contributed by atoms with Crippen LogP contribution in [0.3, 0.4) is 0 Å². The van der Waals surface area contributed by atoms with Crippen LogP contribution in [0.2, 0.25) is 0 Å². The van der Waals surface area contributed by atoms with Gasteiger partial charge in [0.25, 0.3) is 0 Å². The zero-order chi connectivity index (χ0) is 12.8. The summed E-state index contributed by atoms with van der Waals surface area (Å²) >= 11 is 3.32. The summed E-state index contributed by atoms with van der Waals surface area (Å²) in [5.74, 6) is 0.00482. The summed E-state index contributed by atoms with van der Waals surface area (Å²) < 4.78 is 10.9. The minimum atomic E-state index is -0.446. The lowest BCUT2D eigenvalue weighted by Crippen LogP contribution is -2.14. The summed E-state index contributed by atoms with van der Waals surface area (Å²) in [6.07, 6.45) is 0. The van der Waals surface area contributed by atoms with Gasteiger partial charge in [-0.1, -0.05) is 13.0 Å². The molecule has 5 heteroatoms. The highest BCUT2D eigenvalue weighted by Crippen LogP contribution is 2.29. The standard InChI is InChI=1S/C12H15BrO4/c1-8(6-14)7-17-11-9(12(15)16-2)4-3-5-10(11)13/h3-5,8,14H,6-7H2,1-2H3. The van der Waals surface area contributed by atoms with E-state index in [2.05, 4.69) is 20.7 Å². The monoisotopic (exact) mass is 302 g/mol. The minimum absolute atomic E-state index is 0.00704. The number of ether oxygens (including phenoxy) is 2. The first-order chi connectivity index (χ1) is 8.10. The van der Waals surface area contributed by atoms with Crippen molar-refractivity contribution in [2.45, 2.75) is 6.92 Å². The number of rotatable bonds is 5. The zero-order valence-corrected chi connectivity index (χ0v) is 11.4. The highest BCUT2D eigenvalue weighted by molar-refractivity contribution is 9.10. The minimum Gasteiger partial charge on any atom is -0.491 e. The van der Waals surface area contributed by atoms with Crippen molar-refractivity contribution >= 4 is 21.9 Å². The number of esters is 1. The number of aliphatic hydroxyl groups excluding tert-OH is 1. The molecule has 0 aromatic heterocycles. The van der Waals surface area contributed by atoms with E-state index < -0.39 is 5.97 Å². The first-order valence-corrected chi connectivity index (χ1v) is 6.00. The highest BCUT2D eigenvalue weighted by atomic mass is 79.9. The Bertz CT molecular complexity index is 392.